The third-order valence-corrected chi connectivity index (χ3v) is 2.85. The Kier molecular flexibility index (Phi) is 4.21. The van der Waals surface area contributed by atoms with E-state index >= 15 is 0 Å². The number of nitrogens with zero attached hydrogens (tertiary/aromatic N) is 1. The summed E-state index contributed by atoms with van der Waals surface area (Å²) in [5.74, 6) is -2.23. The van der Waals surface area contributed by atoms with Crippen LogP contribution in [0.15, 0.2) is 42.5 Å². The van der Waals surface area contributed by atoms with Gasteiger partial charge in [-0.2, -0.15) is 0 Å². The van der Waals surface area contributed by atoms with Crippen molar-refractivity contribution in [2.45, 2.75) is 6.36 Å². The van der Waals surface area contributed by atoms with Crippen molar-refractivity contribution in [2.24, 2.45) is 0 Å². The summed E-state index contributed by atoms with van der Waals surface area (Å²) in [7, 11) is 0. The standard InChI is InChI=1S/C14H8F3NO5/c15-14(16,17)23-11-7-2-1-4-8(11)12-9(13(19)20)5-3-6-10(12)18(21)22/h1-7H,(H,19,20). The molecular weight excluding hydrogens is 319 g/mol. The molecular formula is C14H8F3NO5. The van der Waals surface area contributed by atoms with E-state index in [2.05, 4.69) is 4.74 Å². The summed E-state index contributed by atoms with van der Waals surface area (Å²) in [6, 6.07) is 7.83. The third kappa shape index (κ3) is 3.57. The van der Waals surface area contributed by atoms with E-state index in [4.69, 9.17) is 0 Å². The lowest BCUT2D eigenvalue weighted by Gasteiger charge is -2.14. The Hall–Kier alpha value is -3.10. The number of halogens is 3. The fraction of sp³-hybridized carbons (Fsp3) is 0.0714. The number of nitro benzene ring substituents is 1. The highest BCUT2D eigenvalue weighted by atomic mass is 19.4. The molecule has 0 radical (unpaired) electrons. The maximum Gasteiger partial charge on any atom is 0.573 e. The first-order valence-corrected chi connectivity index (χ1v) is 6.06. The minimum absolute atomic E-state index is 0.338. The number of hydrogen-bond acceptors (Lipinski definition) is 4. The highest BCUT2D eigenvalue weighted by molar-refractivity contribution is 6.00. The Morgan fingerprint density at radius 1 is 1.13 bits per heavy atom. The van der Waals surface area contributed by atoms with Gasteiger partial charge < -0.3 is 9.84 Å². The molecule has 120 valence electrons. The van der Waals surface area contributed by atoms with E-state index in [0.29, 0.717) is 0 Å². The van der Waals surface area contributed by atoms with Gasteiger partial charge in [0, 0.05) is 11.6 Å². The minimum Gasteiger partial charge on any atom is -0.478 e. The number of carboxylic acid groups (broad SMARTS) is 1. The van der Waals surface area contributed by atoms with E-state index in [1.165, 1.54) is 12.1 Å². The normalized spacial score (nSPS) is 11.1. The molecule has 0 heterocycles. The van der Waals surface area contributed by atoms with E-state index in [1.54, 1.807) is 0 Å². The predicted molar refractivity (Wildman–Crippen MR) is 72.2 cm³/mol. The molecule has 2 aromatic rings. The maximum absolute atomic E-state index is 12.5. The van der Waals surface area contributed by atoms with Crippen molar-refractivity contribution in [3.8, 4) is 16.9 Å². The number of aromatic carboxylic acids is 1. The number of carboxylic acids is 1. The molecule has 1 N–H and O–H groups in total. The lowest BCUT2D eigenvalue weighted by molar-refractivity contribution is -0.384. The summed E-state index contributed by atoms with van der Waals surface area (Å²) in [5, 5.41) is 20.3. The molecule has 0 aliphatic rings. The molecule has 2 rings (SSSR count). The number of ether oxygens (including phenoxy) is 1. The van der Waals surface area contributed by atoms with Crippen LogP contribution >= 0.6 is 0 Å². The number of benzene rings is 2. The molecule has 0 bridgehead atoms. The first-order chi connectivity index (χ1) is 10.7. The maximum atomic E-state index is 12.5. The van der Waals surface area contributed by atoms with Crippen LogP contribution in [0.1, 0.15) is 10.4 Å². The van der Waals surface area contributed by atoms with E-state index in [-0.39, 0.29) is 5.56 Å². The van der Waals surface area contributed by atoms with Gasteiger partial charge in [-0.25, -0.2) is 4.79 Å². The van der Waals surface area contributed by atoms with Crippen LogP contribution in [0.2, 0.25) is 0 Å². The van der Waals surface area contributed by atoms with Gasteiger partial charge in [0.15, 0.2) is 0 Å². The van der Waals surface area contributed by atoms with Gasteiger partial charge in [-0.1, -0.05) is 24.3 Å². The Labute approximate surface area is 126 Å². The molecule has 0 saturated heterocycles. The number of nitro groups is 1. The van der Waals surface area contributed by atoms with E-state index in [9.17, 15) is 33.2 Å². The average Bonchev–Trinajstić information content (AvgIpc) is 2.45. The third-order valence-electron chi connectivity index (χ3n) is 2.85. The topological polar surface area (TPSA) is 89.7 Å². The number of hydrogen-bond donors (Lipinski definition) is 1. The molecule has 0 saturated carbocycles. The first kappa shape index (κ1) is 16.3. The summed E-state index contributed by atoms with van der Waals surface area (Å²) in [4.78, 5) is 21.5. The number of carbonyl (C=O) groups is 1. The average molecular weight is 327 g/mol. The second-order valence-electron chi connectivity index (χ2n) is 4.31. The van der Waals surface area contributed by atoms with E-state index in [1.807, 2.05) is 0 Å². The monoisotopic (exact) mass is 327 g/mol. The van der Waals surface area contributed by atoms with Gasteiger partial charge in [0.2, 0.25) is 0 Å². The minimum atomic E-state index is -5.02. The van der Waals surface area contributed by atoms with Crippen molar-refractivity contribution < 1.29 is 32.7 Å². The van der Waals surface area contributed by atoms with Gasteiger partial charge in [-0.15, -0.1) is 13.2 Å². The zero-order chi connectivity index (χ0) is 17.2. The quantitative estimate of drug-likeness (QED) is 0.680. The molecule has 0 unspecified atom stereocenters. The predicted octanol–water partition coefficient (Wildman–Crippen LogP) is 3.86. The van der Waals surface area contributed by atoms with E-state index in [0.717, 1.165) is 30.3 Å². The lowest BCUT2D eigenvalue weighted by atomic mass is 9.97. The Morgan fingerprint density at radius 3 is 2.35 bits per heavy atom. The van der Waals surface area contributed by atoms with Crippen LogP contribution in [0.25, 0.3) is 11.1 Å². The van der Waals surface area contributed by atoms with Gasteiger partial charge >= 0.3 is 12.3 Å². The van der Waals surface area contributed by atoms with Crippen molar-refractivity contribution in [3.05, 3.63) is 58.1 Å². The number of rotatable bonds is 4. The van der Waals surface area contributed by atoms with Gasteiger partial charge in [-0.3, -0.25) is 10.1 Å². The van der Waals surface area contributed by atoms with Crippen LogP contribution in [0, 0.1) is 10.1 Å². The second kappa shape index (κ2) is 5.95. The fourth-order valence-electron chi connectivity index (χ4n) is 2.04. The summed E-state index contributed by atoms with van der Waals surface area (Å²) >= 11 is 0. The summed E-state index contributed by atoms with van der Waals surface area (Å²) < 4.78 is 41.3. The van der Waals surface area contributed by atoms with E-state index < -0.39 is 39.8 Å². The Bertz CT molecular complexity index is 741. The van der Waals surface area contributed by atoms with Crippen molar-refractivity contribution in [3.63, 3.8) is 0 Å². The molecule has 0 amide bonds. The molecule has 0 spiro atoms. The second-order valence-corrected chi connectivity index (χ2v) is 4.31. The largest absolute Gasteiger partial charge is 0.573 e. The summed E-state index contributed by atoms with van der Waals surface area (Å²) in [6.45, 7) is 0. The van der Waals surface area contributed by atoms with Crippen molar-refractivity contribution in [1.29, 1.82) is 0 Å². The molecule has 0 atom stereocenters. The molecule has 0 aliphatic heterocycles. The molecule has 23 heavy (non-hydrogen) atoms. The fourth-order valence-corrected chi connectivity index (χ4v) is 2.04. The molecule has 0 fully saturated rings. The molecule has 2 aromatic carbocycles. The highest BCUT2D eigenvalue weighted by Gasteiger charge is 2.34. The Morgan fingerprint density at radius 2 is 1.78 bits per heavy atom. The molecule has 9 heteroatoms. The summed E-state index contributed by atoms with van der Waals surface area (Å²) in [5.41, 5.74) is -1.93. The van der Waals surface area contributed by atoms with Crippen LogP contribution in [-0.4, -0.2) is 22.4 Å². The first-order valence-electron chi connectivity index (χ1n) is 6.06. The smallest absolute Gasteiger partial charge is 0.478 e. The van der Waals surface area contributed by atoms with Crippen LogP contribution < -0.4 is 4.74 Å². The SMILES string of the molecule is O=C(O)c1cccc([N+](=O)[O-])c1-c1ccccc1OC(F)(F)F. The van der Waals surface area contributed by atoms with Gasteiger partial charge in [0.25, 0.3) is 5.69 Å². The lowest BCUT2D eigenvalue weighted by Crippen LogP contribution is -2.18. The highest BCUT2D eigenvalue weighted by Crippen LogP contribution is 2.40. The summed E-state index contributed by atoms with van der Waals surface area (Å²) in [6.07, 6.45) is -5.02. The molecule has 0 aliphatic carbocycles. The zero-order valence-electron chi connectivity index (χ0n) is 11.2. The Balaban J connectivity index is 2.76. The van der Waals surface area contributed by atoms with Crippen LogP contribution in [0.4, 0.5) is 18.9 Å². The van der Waals surface area contributed by atoms with Crippen molar-refractivity contribution >= 4 is 11.7 Å². The van der Waals surface area contributed by atoms with Gasteiger partial charge in [0.1, 0.15) is 5.75 Å². The van der Waals surface area contributed by atoms with Gasteiger partial charge in [0.05, 0.1) is 16.1 Å². The van der Waals surface area contributed by atoms with Gasteiger partial charge in [-0.05, 0) is 12.1 Å². The van der Waals surface area contributed by atoms with Crippen LogP contribution in [-0.2, 0) is 0 Å². The zero-order valence-corrected chi connectivity index (χ0v) is 11.2. The number of para-hydroxylation sites is 1. The number of alkyl halides is 3. The van der Waals surface area contributed by atoms with Crippen LogP contribution in [0.5, 0.6) is 5.75 Å². The van der Waals surface area contributed by atoms with Crippen LogP contribution in [0.3, 0.4) is 0 Å². The van der Waals surface area contributed by atoms with Crippen molar-refractivity contribution in [1.82, 2.24) is 0 Å². The molecule has 6 nitrogen and oxygen atoms in total. The molecule has 0 aromatic heterocycles. The van der Waals surface area contributed by atoms with Crippen molar-refractivity contribution in [2.75, 3.05) is 0 Å².